The predicted octanol–water partition coefficient (Wildman–Crippen LogP) is 3.48. The Morgan fingerprint density at radius 3 is 2.20 bits per heavy atom. The summed E-state index contributed by atoms with van der Waals surface area (Å²) in [6.45, 7) is 6.87. The maximum Gasteiger partial charge on any atom is 0.0947 e. The number of likely N-dealkylation sites (tertiary alicyclic amines) is 1. The highest BCUT2D eigenvalue weighted by Gasteiger charge is 2.41. The Bertz CT molecular complexity index is 418. The van der Waals surface area contributed by atoms with Gasteiger partial charge in [0, 0.05) is 19.1 Å². The Morgan fingerprint density at radius 1 is 1.05 bits per heavy atom. The first-order chi connectivity index (χ1) is 9.66. The number of fused-ring (bicyclic) bond motifs is 1. The number of benzene rings is 1. The molecule has 0 radical (unpaired) electrons. The van der Waals surface area contributed by atoms with Gasteiger partial charge in [0.1, 0.15) is 0 Å². The molecule has 1 aromatic carbocycles. The van der Waals surface area contributed by atoms with Crippen LogP contribution in [0.4, 0.5) is 0 Å². The van der Waals surface area contributed by atoms with E-state index in [1.54, 1.807) is 0 Å². The van der Waals surface area contributed by atoms with E-state index < -0.39 is 0 Å². The van der Waals surface area contributed by atoms with Gasteiger partial charge in [0.05, 0.1) is 6.10 Å². The van der Waals surface area contributed by atoms with E-state index in [9.17, 15) is 5.11 Å². The third kappa shape index (κ3) is 2.64. The Kier molecular flexibility index (Phi) is 4.13. The first-order valence-electron chi connectivity index (χ1n) is 8.14. The zero-order valence-electron chi connectivity index (χ0n) is 12.7. The minimum absolute atomic E-state index is 0.253. The second-order valence-corrected chi connectivity index (χ2v) is 7.00. The monoisotopic (exact) mass is 273 g/mol. The number of rotatable bonds is 4. The van der Waals surface area contributed by atoms with Gasteiger partial charge >= 0.3 is 0 Å². The predicted molar refractivity (Wildman–Crippen MR) is 82.4 cm³/mol. The van der Waals surface area contributed by atoms with Crippen molar-refractivity contribution >= 4 is 0 Å². The van der Waals surface area contributed by atoms with Crippen LogP contribution in [0.1, 0.15) is 44.8 Å². The van der Waals surface area contributed by atoms with Crippen molar-refractivity contribution in [1.29, 1.82) is 0 Å². The van der Waals surface area contributed by atoms with Gasteiger partial charge < -0.3 is 5.11 Å². The molecule has 1 aliphatic heterocycles. The summed E-state index contributed by atoms with van der Waals surface area (Å²) in [5.41, 5.74) is 1.06. The lowest BCUT2D eigenvalue weighted by molar-refractivity contribution is 0.0309. The number of aliphatic hydroxyl groups is 1. The lowest BCUT2D eigenvalue weighted by Gasteiger charge is -2.35. The van der Waals surface area contributed by atoms with Crippen molar-refractivity contribution in [2.75, 3.05) is 13.1 Å². The van der Waals surface area contributed by atoms with E-state index in [1.165, 1.54) is 32.4 Å². The van der Waals surface area contributed by atoms with Crippen LogP contribution in [0, 0.1) is 17.8 Å². The van der Waals surface area contributed by atoms with Crippen molar-refractivity contribution in [2.24, 2.45) is 17.8 Å². The summed E-state index contributed by atoms with van der Waals surface area (Å²) >= 11 is 0. The number of hydrogen-bond acceptors (Lipinski definition) is 2. The molecular formula is C18H27NO. The molecule has 3 rings (SSSR count). The highest BCUT2D eigenvalue weighted by atomic mass is 16.3. The second kappa shape index (κ2) is 5.87. The normalized spacial score (nSPS) is 29.6. The highest BCUT2D eigenvalue weighted by Crippen LogP contribution is 2.41. The van der Waals surface area contributed by atoms with E-state index in [1.807, 2.05) is 18.2 Å². The van der Waals surface area contributed by atoms with E-state index in [2.05, 4.69) is 30.9 Å². The lowest BCUT2D eigenvalue weighted by atomic mass is 9.92. The van der Waals surface area contributed by atoms with E-state index in [0.29, 0.717) is 5.92 Å². The zero-order chi connectivity index (χ0) is 14.1. The Labute approximate surface area is 122 Å². The molecule has 1 N–H and O–H groups in total. The van der Waals surface area contributed by atoms with Crippen LogP contribution in [-0.4, -0.2) is 29.1 Å². The summed E-state index contributed by atoms with van der Waals surface area (Å²) < 4.78 is 0. The van der Waals surface area contributed by atoms with Crippen LogP contribution in [0.3, 0.4) is 0 Å². The van der Waals surface area contributed by atoms with Crippen LogP contribution in [0.5, 0.6) is 0 Å². The molecule has 1 saturated carbocycles. The van der Waals surface area contributed by atoms with Crippen LogP contribution in [0.25, 0.3) is 0 Å². The highest BCUT2D eigenvalue weighted by molar-refractivity contribution is 5.19. The summed E-state index contributed by atoms with van der Waals surface area (Å²) in [7, 11) is 0. The fourth-order valence-electron chi connectivity index (χ4n) is 4.35. The van der Waals surface area contributed by atoms with Gasteiger partial charge in [0.2, 0.25) is 0 Å². The smallest absolute Gasteiger partial charge is 0.0947 e. The van der Waals surface area contributed by atoms with E-state index in [0.717, 1.165) is 17.4 Å². The fraction of sp³-hybridized carbons (Fsp3) is 0.667. The number of aliphatic hydroxyl groups excluding tert-OH is 1. The molecule has 1 aliphatic carbocycles. The quantitative estimate of drug-likeness (QED) is 0.908. The maximum atomic E-state index is 10.8. The summed E-state index contributed by atoms with van der Waals surface area (Å²) in [6.07, 6.45) is 3.84. The maximum absolute atomic E-state index is 10.8. The molecule has 0 amide bonds. The van der Waals surface area contributed by atoms with Gasteiger partial charge in [0.25, 0.3) is 0 Å². The van der Waals surface area contributed by atoms with E-state index >= 15 is 0 Å². The molecule has 0 bridgehead atoms. The zero-order valence-corrected chi connectivity index (χ0v) is 12.7. The standard InChI is InChI=1S/C18H27NO/c1-13(2)17(18(20)14-7-4-3-5-8-14)19-11-15-9-6-10-16(15)12-19/h3-5,7-8,13,15-18,20H,6,9-12H2,1-2H3. The third-order valence-corrected chi connectivity index (χ3v) is 5.32. The summed E-state index contributed by atoms with van der Waals surface area (Å²) in [5.74, 6) is 2.25. The third-order valence-electron chi connectivity index (χ3n) is 5.32. The van der Waals surface area contributed by atoms with Crippen molar-refractivity contribution in [1.82, 2.24) is 4.90 Å². The van der Waals surface area contributed by atoms with E-state index in [4.69, 9.17) is 0 Å². The lowest BCUT2D eigenvalue weighted by Crippen LogP contribution is -2.42. The van der Waals surface area contributed by atoms with Gasteiger partial charge in [-0.2, -0.15) is 0 Å². The molecule has 110 valence electrons. The summed E-state index contributed by atoms with van der Waals surface area (Å²) in [6, 6.07) is 10.4. The van der Waals surface area contributed by atoms with Crippen LogP contribution in [-0.2, 0) is 0 Å². The minimum Gasteiger partial charge on any atom is -0.387 e. The second-order valence-electron chi connectivity index (χ2n) is 7.00. The first-order valence-corrected chi connectivity index (χ1v) is 8.14. The Balaban J connectivity index is 1.76. The van der Waals surface area contributed by atoms with Crippen molar-refractivity contribution in [3.63, 3.8) is 0 Å². The number of nitrogens with zero attached hydrogens (tertiary/aromatic N) is 1. The molecule has 1 saturated heterocycles. The largest absolute Gasteiger partial charge is 0.387 e. The number of hydrogen-bond donors (Lipinski definition) is 1. The van der Waals surface area contributed by atoms with E-state index in [-0.39, 0.29) is 12.1 Å². The molecule has 2 fully saturated rings. The van der Waals surface area contributed by atoms with Gasteiger partial charge in [-0.3, -0.25) is 4.90 Å². The van der Waals surface area contributed by atoms with Gasteiger partial charge in [0.15, 0.2) is 0 Å². The fourth-order valence-corrected chi connectivity index (χ4v) is 4.35. The van der Waals surface area contributed by atoms with Crippen LogP contribution >= 0.6 is 0 Å². The molecule has 1 aromatic rings. The van der Waals surface area contributed by atoms with Gasteiger partial charge in [-0.05, 0) is 36.2 Å². The van der Waals surface area contributed by atoms with Crippen molar-refractivity contribution in [2.45, 2.75) is 45.3 Å². The topological polar surface area (TPSA) is 23.5 Å². The minimum atomic E-state index is -0.366. The average Bonchev–Trinajstić information content (AvgIpc) is 3.00. The molecule has 20 heavy (non-hydrogen) atoms. The molecule has 4 unspecified atom stereocenters. The van der Waals surface area contributed by atoms with Crippen molar-refractivity contribution in [3.8, 4) is 0 Å². The Hall–Kier alpha value is -0.860. The molecule has 1 heterocycles. The molecule has 0 spiro atoms. The van der Waals surface area contributed by atoms with Crippen LogP contribution in [0.15, 0.2) is 30.3 Å². The van der Waals surface area contributed by atoms with Gasteiger partial charge in [-0.15, -0.1) is 0 Å². The van der Waals surface area contributed by atoms with Crippen LogP contribution < -0.4 is 0 Å². The van der Waals surface area contributed by atoms with Gasteiger partial charge in [-0.1, -0.05) is 50.6 Å². The van der Waals surface area contributed by atoms with Crippen molar-refractivity contribution < 1.29 is 5.11 Å². The Morgan fingerprint density at radius 2 is 1.65 bits per heavy atom. The molecular weight excluding hydrogens is 246 g/mol. The molecule has 2 heteroatoms. The molecule has 4 atom stereocenters. The molecule has 0 aromatic heterocycles. The van der Waals surface area contributed by atoms with Gasteiger partial charge in [-0.25, -0.2) is 0 Å². The van der Waals surface area contributed by atoms with Crippen LogP contribution in [0.2, 0.25) is 0 Å². The summed E-state index contributed by atoms with van der Waals surface area (Å²) in [4.78, 5) is 2.57. The average molecular weight is 273 g/mol. The molecule has 2 aliphatic rings. The van der Waals surface area contributed by atoms with Crippen molar-refractivity contribution in [3.05, 3.63) is 35.9 Å². The molecule has 2 nitrogen and oxygen atoms in total. The SMILES string of the molecule is CC(C)C(C(O)c1ccccc1)N1CC2CCCC2C1. The summed E-state index contributed by atoms with van der Waals surface area (Å²) in [5, 5.41) is 10.8. The first kappa shape index (κ1) is 14.1.